The molecule has 15 heterocycles. The van der Waals surface area contributed by atoms with E-state index < -0.39 is 41.1 Å². The van der Waals surface area contributed by atoms with E-state index in [0.29, 0.717) is 75.9 Å². The molecule has 15 aromatic heterocycles. The van der Waals surface area contributed by atoms with E-state index in [1.54, 1.807) is 125 Å². The van der Waals surface area contributed by atoms with E-state index in [2.05, 4.69) is 136 Å². The number of H-pyrrole nitrogens is 1. The number of pyridine rings is 3. The Balaban J connectivity index is 0.000000168. The number of fused-ring (bicyclic) bond motifs is 12. The van der Waals surface area contributed by atoms with Gasteiger partial charge in [0.1, 0.15) is 51.7 Å². The molecule has 31 nitrogen and oxygen atoms in total. The molecule has 2 aromatic carbocycles. The van der Waals surface area contributed by atoms with Crippen LogP contribution < -0.4 is 22.2 Å². The summed E-state index contributed by atoms with van der Waals surface area (Å²) >= 11 is 12.6. The van der Waals surface area contributed by atoms with Crippen molar-refractivity contribution in [3.05, 3.63) is 233 Å². The average Bonchev–Trinajstić information content (AvgIpc) is 1.67. The molecule has 0 bridgehead atoms. The number of hydrogen-bond acceptors (Lipinski definition) is 27. The van der Waals surface area contributed by atoms with Crippen LogP contribution in [-0.2, 0) is 101 Å². The Morgan fingerprint density at radius 2 is 0.892 bits per heavy atom. The summed E-state index contributed by atoms with van der Waals surface area (Å²) < 4.78 is 100. The molecule has 1 atom stereocenters. The molecule has 0 saturated carbocycles. The Labute approximate surface area is 745 Å². The normalized spacial score (nSPS) is 11.2. The summed E-state index contributed by atoms with van der Waals surface area (Å²) in [4.78, 5) is 80.4. The monoisotopic (exact) mass is 2190 g/mol. The number of nitrogens with one attached hydrogen (secondary N) is 1. The van der Waals surface area contributed by atoms with Gasteiger partial charge < -0.3 is 18.3 Å². The fourth-order valence-electron chi connectivity index (χ4n) is 11.9. The summed E-state index contributed by atoms with van der Waals surface area (Å²) in [6.45, 7) is 0.379. The molecular weight excluding hydrogens is 2120 g/mol. The minimum absolute atomic E-state index is 0. The number of sulfone groups is 3. The molecule has 616 valence electrons. The summed E-state index contributed by atoms with van der Waals surface area (Å²) in [5, 5.41) is 23.8. The van der Waals surface area contributed by atoms with Gasteiger partial charge in [-0.2, -0.15) is 28.8 Å². The van der Waals surface area contributed by atoms with Crippen molar-refractivity contribution in [3.63, 3.8) is 0 Å². The third kappa shape index (κ3) is 21.6. The van der Waals surface area contributed by atoms with Crippen molar-refractivity contribution in [2.45, 2.75) is 58.7 Å². The van der Waals surface area contributed by atoms with Crippen LogP contribution in [0.1, 0.15) is 46.0 Å². The Morgan fingerprint density at radius 1 is 0.508 bits per heavy atom. The number of alkyl halides is 1. The van der Waals surface area contributed by atoms with Crippen molar-refractivity contribution in [1.82, 2.24) is 92.7 Å². The van der Waals surface area contributed by atoms with Gasteiger partial charge in [0.2, 0.25) is 28.4 Å². The number of aryl methyl sites for hydroxylation is 4. The molecule has 43 heteroatoms. The number of nitrogens with zero attached hydrogens (tertiary/aromatic N) is 18. The maximum absolute atomic E-state index is 12.8. The second kappa shape index (κ2) is 42.7. The molecule has 17 aromatic rings. The molecule has 0 fully saturated rings. The molecule has 1 unspecified atom stereocenters. The number of benzene rings is 2. The van der Waals surface area contributed by atoms with Crippen LogP contribution in [-0.4, -0.2) is 144 Å². The molecule has 0 saturated heterocycles. The first-order valence-electron chi connectivity index (χ1n) is 34.0. The van der Waals surface area contributed by atoms with Crippen molar-refractivity contribution in [2.75, 3.05) is 17.8 Å². The van der Waals surface area contributed by atoms with E-state index in [1.165, 1.54) is 26.4 Å². The SMILES string of the molecule is C.C#CCBr.C#CCn1ncc2c3sc(C(c4ccccc4)c4ccccn4)nc3n(C)c2c1=O.C#CCn1ncc2c3sc(Cc4ccccn4)nc3n(C)c2c1=O.C#CCn1ncc2c3sc(S(C)(=O)=O)nc3n(C)c2c1=O.Cn1c2nc(S(C)(=O)=O)sc2c2cn[nH]c(=O)c21.O=S(=O)(Cc1ccccn1)c1ccccc1.O=S=O.[I][Sm][I]. The van der Waals surface area contributed by atoms with Gasteiger partial charge in [-0.3, -0.25) is 34.1 Å². The first-order chi connectivity index (χ1) is 57.0. The number of hydrogen-bond donors (Lipinski definition) is 1. The molecule has 0 aliphatic carbocycles. The average molecular weight is 2190 g/mol. The third-order valence-corrected chi connectivity index (χ3v) is 26.7. The van der Waals surface area contributed by atoms with Crippen molar-refractivity contribution in [2.24, 2.45) is 28.2 Å². The topological polar surface area (TPSA) is 397 Å². The van der Waals surface area contributed by atoms with Gasteiger partial charge in [0, 0.05) is 93.0 Å². The first kappa shape index (κ1) is 94.2. The van der Waals surface area contributed by atoms with Crippen LogP contribution in [0.4, 0.5) is 0 Å². The molecule has 17 rings (SSSR count). The molecule has 0 spiro atoms. The van der Waals surface area contributed by atoms with Crippen LogP contribution in [0.25, 0.3) is 85.0 Å². The molecule has 120 heavy (non-hydrogen) atoms. The first-order valence-corrected chi connectivity index (χ1v) is 59.5. The number of terminal acetylenes is 4. The fraction of sp³-hybridized carbons (Fsp3) is 0.182. The molecular formula is C77H66BrI2N19O12S8Sm. The predicted molar refractivity (Wildman–Crippen MR) is 488 cm³/mol. The zero-order valence-electron chi connectivity index (χ0n) is 62.9. The number of thiazole rings is 4. The molecule has 0 amide bonds. The second-order valence-corrected chi connectivity index (χ2v) is 55.2. The van der Waals surface area contributed by atoms with Gasteiger partial charge >= 0.3 is 65.6 Å². The van der Waals surface area contributed by atoms with Gasteiger partial charge in [-0.25, -0.2) is 64.3 Å². The van der Waals surface area contributed by atoms with Crippen molar-refractivity contribution in [1.29, 1.82) is 0 Å². The molecule has 0 aliphatic heterocycles. The van der Waals surface area contributed by atoms with E-state index >= 15 is 0 Å². The van der Waals surface area contributed by atoms with Crippen LogP contribution in [0, 0.1) is 74.8 Å². The second-order valence-electron chi connectivity index (χ2n) is 24.6. The van der Waals surface area contributed by atoms with Crippen molar-refractivity contribution >= 4 is 216 Å². The summed E-state index contributed by atoms with van der Waals surface area (Å²) in [6.07, 6.45) is 35.0. The van der Waals surface area contributed by atoms with Crippen LogP contribution in [0.5, 0.6) is 0 Å². The zero-order chi connectivity index (χ0) is 86.0. The van der Waals surface area contributed by atoms with Gasteiger partial charge in [-0.1, -0.05) is 114 Å². The number of aromatic nitrogens is 19. The van der Waals surface area contributed by atoms with Crippen LogP contribution >= 0.6 is 89.9 Å². The van der Waals surface area contributed by atoms with Gasteiger partial charge in [0.05, 0.1) is 76.9 Å². The molecule has 0 radical (unpaired) electrons. The molecule has 1 N–H and O–H groups in total. The minimum atomic E-state index is -3.38. The van der Waals surface area contributed by atoms with Crippen molar-refractivity contribution < 1.29 is 59.1 Å². The van der Waals surface area contributed by atoms with Gasteiger partial charge in [0.15, 0.2) is 32.4 Å². The summed E-state index contributed by atoms with van der Waals surface area (Å²) in [6, 6.07) is 35.6. The number of rotatable bonds is 13. The van der Waals surface area contributed by atoms with Crippen LogP contribution in [0.3, 0.4) is 0 Å². The quantitative estimate of drug-likeness (QED) is 0.0636. The van der Waals surface area contributed by atoms with E-state index in [9.17, 15) is 44.4 Å². The predicted octanol–water partition coefficient (Wildman–Crippen LogP) is 11.0. The standard InChI is InChI=1S/C23H17N5OS.C17H13N5OS.C12H10N4O3S2.C12H11NO2S.C9H8N4O3S2.C3H3Br.CH4.2HI.O2S.Sm/c1-3-13-28-23(29)19-16(14-25-28)20-21(27(19)2)26-22(30-20)18(15-9-5-4-6-10-15)17-11-7-8-12-24-17;1-3-8-22-17(23)14-12(10-19-22)15-16(21(14)2)20-13(24-15)9-11-6-4-5-7-18-11;1-4-5-16-11(17)8-7(6-13-16)9-10(15(8)2)14-12(20-9)21(3,18)19;14-16(15,12-7-2-1-3-8-12)10-11-6-4-5-9-13-11;1-13-5-4(3-10-12-8(5)14)6-7(13)11-9(17-6)18(2,15)16;1-2-3-4;;;;1-3-2;/h1,4-12,14,18H,13H2,2H3;1,4-7,10H,8-9H2,2H3;1,6H,5H2,2-3H3;1-9H,10H2;3H,1-2H3,(H,12,14);1H,3H2;1H4;2*1H;;/q;;;;;;;;;;+2/p-2. The summed E-state index contributed by atoms with van der Waals surface area (Å²) in [7, 11) is -2.97. The van der Waals surface area contributed by atoms with Gasteiger partial charge in [-0.05, 0) is 54.1 Å². The third-order valence-electron chi connectivity index (χ3n) is 17.0. The zero-order valence-corrected chi connectivity index (χ0v) is 77.9. The Morgan fingerprint density at radius 3 is 1.31 bits per heavy atom. The fourth-order valence-corrected chi connectivity index (χ4v) is 19.5. The van der Waals surface area contributed by atoms with Crippen LogP contribution in [0.15, 0.2) is 191 Å². The summed E-state index contributed by atoms with van der Waals surface area (Å²) in [5.41, 5.74) is 7.03. The molecule has 0 aliphatic rings. The number of halogens is 3. The Bertz CT molecular complexity index is 7390. The summed E-state index contributed by atoms with van der Waals surface area (Å²) in [5.74, 6) is 9.48. The van der Waals surface area contributed by atoms with Crippen LogP contribution in [0.2, 0.25) is 0 Å². The number of aromatic amines is 1. The Hall–Kier alpha value is -9.68. The van der Waals surface area contributed by atoms with E-state index in [-0.39, 0.29) is 95.1 Å². The van der Waals surface area contributed by atoms with E-state index in [1.807, 2.05) is 77.8 Å². The van der Waals surface area contributed by atoms with E-state index in [4.69, 9.17) is 39.1 Å². The maximum atomic E-state index is 12.8. The van der Waals surface area contributed by atoms with Gasteiger partial charge in [-0.15, -0.1) is 71.0 Å². The Kier molecular flexibility index (Phi) is 33.5. The van der Waals surface area contributed by atoms with E-state index in [0.717, 1.165) is 93.6 Å². The van der Waals surface area contributed by atoms with Gasteiger partial charge in [0.25, 0.3) is 22.2 Å². The van der Waals surface area contributed by atoms with Crippen molar-refractivity contribution in [3.8, 4) is 49.4 Å².